The number of benzene rings is 1. The molecular weight excluding hydrogens is 284 g/mol. The summed E-state index contributed by atoms with van der Waals surface area (Å²) in [5.74, 6) is 0.257. The van der Waals surface area contributed by atoms with Crippen LogP contribution in [-0.4, -0.2) is 26.8 Å². The lowest BCUT2D eigenvalue weighted by atomic mass is 10.1. The van der Waals surface area contributed by atoms with Crippen molar-refractivity contribution in [1.82, 2.24) is 15.2 Å². The molecule has 1 aromatic heterocycles. The van der Waals surface area contributed by atoms with E-state index < -0.39 is 0 Å². The number of anilines is 1. The fraction of sp³-hybridized carbons (Fsp3) is 0.250. The third-order valence-corrected chi connectivity index (χ3v) is 3.28. The summed E-state index contributed by atoms with van der Waals surface area (Å²) < 4.78 is 0. The fourth-order valence-corrected chi connectivity index (χ4v) is 2.03. The molecule has 102 valence electrons. The lowest BCUT2D eigenvalue weighted by Crippen LogP contribution is -2.15. The fourth-order valence-electron chi connectivity index (χ4n) is 1.45. The summed E-state index contributed by atoms with van der Waals surface area (Å²) in [5, 5.41) is 9.96. The minimum Gasteiger partial charge on any atom is -0.325 e. The average molecular weight is 299 g/mol. The molecule has 0 aliphatic rings. The third kappa shape index (κ3) is 4.57. The normalized spacial score (nSPS) is 9.79. The van der Waals surface area contributed by atoms with Crippen LogP contribution in [0, 0.1) is 13.8 Å². The van der Waals surface area contributed by atoms with Crippen molar-refractivity contribution in [3.63, 3.8) is 0 Å². The number of hydrogen-bond donors (Lipinski definition) is 2. The molecule has 1 heterocycles. The predicted molar refractivity (Wildman–Crippen MR) is 78.9 cm³/mol. The molecule has 1 amide bonds. The molecule has 0 radical (unpaired) electrons. The van der Waals surface area contributed by atoms with Gasteiger partial charge in [-0.25, -0.2) is 4.98 Å². The highest BCUT2D eigenvalue weighted by atomic mass is 35.5. The quantitative estimate of drug-likeness (QED) is 0.851. The monoisotopic (exact) mass is 298 g/mol. The van der Waals surface area contributed by atoms with Crippen LogP contribution >= 0.6 is 24.2 Å². The molecule has 0 saturated heterocycles. The highest BCUT2D eigenvalue weighted by Crippen LogP contribution is 2.17. The van der Waals surface area contributed by atoms with Crippen molar-refractivity contribution in [3.05, 3.63) is 35.7 Å². The van der Waals surface area contributed by atoms with E-state index in [4.69, 9.17) is 0 Å². The van der Waals surface area contributed by atoms with Gasteiger partial charge < -0.3 is 5.32 Å². The lowest BCUT2D eigenvalue weighted by Gasteiger charge is -2.08. The Morgan fingerprint density at radius 1 is 1.42 bits per heavy atom. The molecule has 2 aromatic rings. The summed E-state index contributed by atoms with van der Waals surface area (Å²) in [5.41, 5.74) is 3.04. The number of amides is 1. The van der Waals surface area contributed by atoms with Crippen LogP contribution in [0.2, 0.25) is 0 Å². The number of thioether (sulfide) groups is 1. The van der Waals surface area contributed by atoms with Crippen LogP contribution in [0.5, 0.6) is 0 Å². The summed E-state index contributed by atoms with van der Waals surface area (Å²) >= 11 is 1.32. The molecule has 7 heteroatoms. The summed E-state index contributed by atoms with van der Waals surface area (Å²) in [6.07, 6.45) is 1.42. The zero-order valence-electron chi connectivity index (χ0n) is 10.6. The summed E-state index contributed by atoms with van der Waals surface area (Å²) in [6.45, 7) is 3.97. The maximum Gasteiger partial charge on any atom is 0.234 e. The number of nitrogens with one attached hydrogen (secondary N) is 2. The van der Waals surface area contributed by atoms with Crippen molar-refractivity contribution in [2.24, 2.45) is 0 Å². The Morgan fingerprint density at radius 2 is 2.21 bits per heavy atom. The van der Waals surface area contributed by atoms with Crippen molar-refractivity contribution >= 4 is 35.8 Å². The van der Waals surface area contributed by atoms with Gasteiger partial charge in [0.05, 0.1) is 5.75 Å². The number of carbonyl (C=O) groups excluding carboxylic acids is 1. The number of nitrogens with zero attached hydrogens (tertiary/aromatic N) is 2. The van der Waals surface area contributed by atoms with Crippen molar-refractivity contribution in [3.8, 4) is 0 Å². The number of H-pyrrole nitrogens is 1. The summed E-state index contributed by atoms with van der Waals surface area (Å²) in [6, 6.07) is 5.98. The number of aromatic nitrogens is 3. The second-order valence-corrected chi connectivity index (χ2v) is 4.91. The molecule has 19 heavy (non-hydrogen) atoms. The van der Waals surface area contributed by atoms with Crippen LogP contribution in [0.15, 0.2) is 29.7 Å². The molecule has 0 aliphatic heterocycles. The van der Waals surface area contributed by atoms with Crippen molar-refractivity contribution < 1.29 is 4.79 Å². The van der Waals surface area contributed by atoms with Crippen molar-refractivity contribution in [2.75, 3.05) is 11.1 Å². The molecule has 0 unspecified atom stereocenters. The molecule has 2 rings (SSSR count). The van der Waals surface area contributed by atoms with Gasteiger partial charge in [0.25, 0.3) is 0 Å². The van der Waals surface area contributed by atoms with E-state index in [1.165, 1.54) is 18.1 Å². The number of aromatic amines is 1. The summed E-state index contributed by atoms with van der Waals surface area (Å²) in [4.78, 5) is 15.7. The summed E-state index contributed by atoms with van der Waals surface area (Å²) in [7, 11) is 0. The van der Waals surface area contributed by atoms with Gasteiger partial charge in [0.1, 0.15) is 6.33 Å². The van der Waals surface area contributed by atoms with Crippen LogP contribution in [0.3, 0.4) is 0 Å². The Morgan fingerprint density at radius 3 is 2.89 bits per heavy atom. The van der Waals surface area contributed by atoms with E-state index in [0.29, 0.717) is 10.9 Å². The van der Waals surface area contributed by atoms with Gasteiger partial charge in [-0.1, -0.05) is 23.9 Å². The molecular formula is C12H15ClN4OS. The lowest BCUT2D eigenvalue weighted by molar-refractivity contribution is -0.113. The Labute approximate surface area is 122 Å². The highest BCUT2D eigenvalue weighted by Gasteiger charge is 2.07. The van der Waals surface area contributed by atoms with Gasteiger partial charge in [-0.2, -0.15) is 5.10 Å². The number of aryl methyl sites for hydroxylation is 2. The molecule has 0 fully saturated rings. The SMILES string of the molecule is Cc1ccc(C)c(NC(=O)CSc2ncn[nH]2)c1.Cl. The van der Waals surface area contributed by atoms with Crippen LogP contribution in [0.4, 0.5) is 5.69 Å². The predicted octanol–water partition coefficient (Wildman–Crippen LogP) is 2.57. The number of hydrogen-bond acceptors (Lipinski definition) is 4. The maximum absolute atomic E-state index is 11.8. The molecule has 0 bridgehead atoms. The van der Waals surface area contributed by atoms with E-state index in [9.17, 15) is 4.79 Å². The first-order valence-corrected chi connectivity index (χ1v) is 6.49. The average Bonchev–Trinajstić information content (AvgIpc) is 2.84. The van der Waals surface area contributed by atoms with E-state index in [0.717, 1.165) is 16.8 Å². The van der Waals surface area contributed by atoms with E-state index in [1.54, 1.807) is 0 Å². The van der Waals surface area contributed by atoms with Crippen molar-refractivity contribution in [1.29, 1.82) is 0 Å². The molecule has 5 nitrogen and oxygen atoms in total. The zero-order chi connectivity index (χ0) is 13.0. The van der Waals surface area contributed by atoms with E-state index in [-0.39, 0.29) is 18.3 Å². The third-order valence-electron chi connectivity index (χ3n) is 2.40. The highest BCUT2D eigenvalue weighted by molar-refractivity contribution is 7.99. The van der Waals surface area contributed by atoms with Crippen LogP contribution in [0.1, 0.15) is 11.1 Å². The van der Waals surface area contributed by atoms with E-state index in [1.807, 2.05) is 32.0 Å². The Hall–Kier alpha value is -1.53. The van der Waals surface area contributed by atoms with Gasteiger partial charge in [0, 0.05) is 5.69 Å². The first-order chi connectivity index (χ1) is 8.65. The number of carbonyl (C=O) groups is 1. The second kappa shape index (κ2) is 7.16. The number of halogens is 1. The van der Waals surface area contributed by atoms with Gasteiger partial charge in [-0.15, -0.1) is 12.4 Å². The standard InChI is InChI=1S/C12H14N4OS.ClH/c1-8-3-4-9(2)10(5-8)15-11(17)6-18-12-13-7-14-16-12;/h3-5,7H,6H2,1-2H3,(H,15,17)(H,13,14,16);1H. The van der Waals surface area contributed by atoms with E-state index in [2.05, 4.69) is 20.5 Å². The van der Waals surface area contributed by atoms with Crippen LogP contribution in [-0.2, 0) is 4.79 Å². The molecule has 0 atom stereocenters. The second-order valence-electron chi connectivity index (χ2n) is 3.95. The van der Waals surface area contributed by atoms with Crippen LogP contribution in [0.25, 0.3) is 0 Å². The molecule has 0 aliphatic carbocycles. The van der Waals surface area contributed by atoms with Gasteiger partial charge in [0.15, 0.2) is 5.16 Å². The van der Waals surface area contributed by atoms with Gasteiger partial charge in [-0.3, -0.25) is 9.89 Å². The number of rotatable bonds is 4. The van der Waals surface area contributed by atoms with Crippen molar-refractivity contribution in [2.45, 2.75) is 19.0 Å². The zero-order valence-corrected chi connectivity index (χ0v) is 12.3. The minimum atomic E-state index is -0.0508. The molecule has 0 spiro atoms. The molecule has 2 N–H and O–H groups in total. The smallest absolute Gasteiger partial charge is 0.234 e. The van der Waals surface area contributed by atoms with E-state index >= 15 is 0 Å². The van der Waals surface area contributed by atoms with Crippen LogP contribution < -0.4 is 5.32 Å². The molecule has 1 aromatic carbocycles. The minimum absolute atomic E-state index is 0. The van der Waals surface area contributed by atoms with Gasteiger partial charge in [-0.05, 0) is 31.0 Å². The Kier molecular flexibility index (Phi) is 5.85. The van der Waals surface area contributed by atoms with Gasteiger partial charge in [0.2, 0.25) is 5.91 Å². The molecule has 0 saturated carbocycles. The first-order valence-electron chi connectivity index (χ1n) is 5.50. The first kappa shape index (κ1) is 15.5. The van der Waals surface area contributed by atoms with Gasteiger partial charge >= 0.3 is 0 Å². The Balaban J connectivity index is 0.00000180. The topological polar surface area (TPSA) is 70.7 Å². The Bertz CT molecular complexity index is 545. The largest absolute Gasteiger partial charge is 0.325 e. The maximum atomic E-state index is 11.8.